The van der Waals surface area contributed by atoms with E-state index in [0.717, 1.165) is 25.8 Å². The average molecular weight is 217 g/mol. The molecule has 0 heterocycles. The van der Waals surface area contributed by atoms with Crippen molar-refractivity contribution in [2.45, 2.75) is 38.5 Å². The number of rotatable bonds is 6. The van der Waals surface area contributed by atoms with Gasteiger partial charge in [0.25, 0.3) is 0 Å². The minimum atomic E-state index is 0.154. The van der Waals surface area contributed by atoms with Crippen molar-refractivity contribution in [3.8, 4) is 0 Å². The first kappa shape index (κ1) is 13.0. The Morgan fingerprint density at radius 1 is 1.25 bits per heavy atom. The van der Waals surface area contributed by atoms with Crippen molar-refractivity contribution in [3.63, 3.8) is 0 Å². The molecule has 16 heavy (non-hydrogen) atoms. The molecule has 88 valence electrons. The van der Waals surface area contributed by atoms with Crippen LogP contribution in [0.4, 0.5) is 0 Å². The summed E-state index contributed by atoms with van der Waals surface area (Å²) in [6.45, 7) is 5.03. The maximum atomic E-state index is 6.01. The minimum Gasteiger partial charge on any atom is -0.330 e. The molecule has 1 heteroatoms. The molecule has 0 aliphatic heterocycles. The Morgan fingerprint density at radius 2 is 1.94 bits per heavy atom. The van der Waals surface area contributed by atoms with E-state index in [4.69, 9.17) is 5.73 Å². The Bertz CT molecular complexity index is 309. The van der Waals surface area contributed by atoms with Crippen molar-refractivity contribution in [1.29, 1.82) is 0 Å². The zero-order valence-corrected chi connectivity index (χ0v) is 10.4. The largest absolute Gasteiger partial charge is 0.330 e. The van der Waals surface area contributed by atoms with Gasteiger partial charge in [-0.1, -0.05) is 49.4 Å². The Balaban J connectivity index is 2.87. The number of benzene rings is 1. The van der Waals surface area contributed by atoms with Gasteiger partial charge in [0.05, 0.1) is 0 Å². The van der Waals surface area contributed by atoms with Crippen molar-refractivity contribution in [1.82, 2.24) is 0 Å². The number of hydrogen-bond acceptors (Lipinski definition) is 1. The molecule has 0 fully saturated rings. The minimum absolute atomic E-state index is 0.154. The van der Waals surface area contributed by atoms with Crippen LogP contribution >= 0.6 is 0 Å². The van der Waals surface area contributed by atoms with Crippen molar-refractivity contribution in [2.24, 2.45) is 5.73 Å². The van der Waals surface area contributed by atoms with E-state index in [-0.39, 0.29) is 5.41 Å². The lowest BCUT2D eigenvalue weighted by Crippen LogP contribution is -2.34. The Hall–Kier alpha value is -1.08. The van der Waals surface area contributed by atoms with Crippen LogP contribution in [0.5, 0.6) is 0 Å². The summed E-state index contributed by atoms with van der Waals surface area (Å²) >= 11 is 0. The number of allylic oxidation sites excluding steroid dienone is 2. The summed E-state index contributed by atoms with van der Waals surface area (Å²) in [4.78, 5) is 0. The van der Waals surface area contributed by atoms with Crippen LogP contribution in [0.2, 0.25) is 0 Å². The first-order valence-corrected chi connectivity index (χ1v) is 6.16. The van der Waals surface area contributed by atoms with E-state index < -0.39 is 0 Å². The lowest BCUT2D eigenvalue weighted by molar-refractivity contribution is 0.392. The Kier molecular flexibility index (Phi) is 5.27. The second-order valence-corrected chi connectivity index (χ2v) is 4.31. The third-order valence-corrected chi connectivity index (χ3v) is 3.48. The molecular weight excluding hydrogens is 194 g/mol. The molecule has 1 unspecified atom stereocenters. The first-order chi connectivity index (χ1) is 7.79. The van der Waals surface area contributed by atoms with Crippen LogP contribution in [0.15, 0.2) is 42.5 Å². The fraction of sp³-hybridized carbons (Fsp3) is 0.467. The van der Waals surface area contributed by atoms with Gasteiger partial charge in [-0.25, -0.2) is 0 Å². The number of hydrogen-bond donors (Lipinski definition) is 1. The molecule has 2 N–H and O–H groups in total. The second kappa shape index (κ2) is 6.49. The maximum Gasteiger partial charge on any atom is 0.00758 e. The highest BCUT2D eigenvalue weighted by atomic mass is 14.6. The third-order valence-electron chi connectivity index (χ3n) is 3.48. The van der Waals surface area contributed by atoms with Gasteiger partial charge in [-0.05, 0) is 31.7 Å². The Labute approximate surface area is 99.4 Å². The monoisotopic (exact) mass is 217 g/mol. The quantitative estimate of drug-likeness (QED) is 0.723. The molecule has 1 aromatic carbocycles. The van der Waals surface area contributed by atoms with Crippen molar-refractivity contribution in [3.05, 3.63) is 48.0 Å². The number of nitrogens with two attached hydrogens (primary N) is 1. The van der Waals surface area contributed by atoms with Gasteiger partial charge in [0.15, 0.2) is 0 Å². The van der Waals surface area contributed by atoms with Crippen LogP contribution in [0.1, 0.15) is 38.7 Å². The molecule has 0 radical (unpaired) electrons. The van der Waals surface area contributed by atoms with E-state index in [1.807, 2.05) is 0 Å². The predicted octanol–water partition coefficient (Wildman–Crippen LogP) is 3.65. The van der Waals surface area contributed by atoms with E-state index in [9.17, 15) is 0 Å². The normalized spacial score (nSPS) is 15.2. The summed E-state index contributed by atoms with van der Waals surface area (Å²) in [6, 6.07) is 10.7. The van der Waals surface area contributed by atoms with E-state index in [1.54, 1.807) is 0 Å². The Morgan fingerprint density at radius 3 is 2.44 bits per heavy atom. The van der Waals surface area contributed by atoms with Gasteiger partial charge < -0.3 is 5.73 Å². The van der Waals surface area contributed by atoms with Crippen LogP contribution in [-0.2, 0) is 5.41 Å². The zero-order chi connectivity index (χ0) is 11.9. The topological polar surface area (TPSA) is 26.0 Å². The second-order valence-electron chi connectivity index (χ2n) is 4.31. The summed E-state index contributed by atoms with van der Waals surface area (Å²) in [5.41, 5.74) is 7.54. The van der Waals surface area contributed by atoms with Gasteiger partial charge in [-0.3, -0.25) is 0 Å². The molecule has 0 bridgehead atoms. The summed E-state index contributed by atoms with van der Waals surface area (Å²) in [5, 5.41) is 0. The van der Waals surface area contributed by atoms with E-state index in [2.05, 4.69) is 56.3 Å². The lowest BCUT2D eigenvalue weighted by Gasteiger charge is -2.32. The van der Waals surface area contributed by atoms with E-state index >= 15 is 0 Å². The zero-order valence-electron chi connectivity index (χ0n) is 10.4. The summed E-state index contributed by atoms with van der Waals surface area (Å²) in [7, 11) is 0. The lowest BCUT2D eigenvalue weighted by atomic mass is 9.74. The fourth-order valence-electron chi connectivity index (χ4n) is 2.21. The molecule has 0 saturated heterocycles. The molecule has 1 aromatic rings. The van der Waals surface area contributed by atoms with Gasteiger partial charge in [0.1, 0.15) is 0 Å². The highest BCUT2D eigenvalue weighted by Crippen LogP contribution is 2.31. The van der Waals surface area contributed by atoms with Crippen molar-refractivity contribution >= 4 is 0 Å². The van der Waals surface area contributed by atoms with Gasteiger partial charge in [0.2, 0.25) is 0 Å². The molecule has 1 atom stereocenters. The van der Waals surface area contributed by atoms with E-state index in [1.165, 1.54) is 5.56 Å². The average Bonchev–Trinajstić information content (AvgIpc) is 2.36. The molecular formula is C15H23N. The molecule has 1 nitrogen and oxygen atoms in total. The standard InChI is InChI=1S/C15H23N/c1-3-5-9-12-15(4-2,13-16)14-10-7-6-8-11-14/h3,5-8,10-11H,4,9,12-13,16H2,1-2H3/b5-3+. The molecule has 0 aliphatic carbocycles. The third kappa shape index (κ3) is 2.96. The SMILES string of the molecule is C/C=C/CCC(CC)(CN)c1ccccc1. The molecule has 0 spiro atoms. The van der Waals surface area contributed by atoms with Crippen LogP contribution in [0.3, 0.4) is 0 Å². The highest BCUT2D eigenvalue weighted by molar-refractivity contribution is 5.26. The van der Waals surface area contributed by atoms with Crippen molar-refractivity contribution in [2.75, 3.05) is 6.54 Å². The fourth-order valence-corrected chi connectivity index (χ4v) is 2.21. The molecule has 0 aliphatic rings. The molecule has 0 amide bonds. The van der Waals surface area contributed by atoms with Crippen LogP contribution < -0.4 is 5.73 Å². The van der Waals surface area contributed by atoms with E-state index in [0.29, 0.717) is 0 Å². The van der Waals surface area contributed by atoms with Gasteiger partial charge in [-0.15, -0.1) is 0 Å². The van der Waals surface area contributed by atoms with Gasteiger partial charge in [-0.2, -0.15) is 0 Å². The summed E-state index contributed by atoms with van der Waals surface area (Å²) in [6.07, 6.45) is 7.68. The van der Waals surface area contributed by atoms with Gasteiger partial charge in [0, 0.05) is 12.0 Å². The summed E-state index contributed by atoms with van der Waals surface area (Å²) < 4.78 is 0. The van der Waals surface area contributed by atoms with Crippen LogP contribution in [0.25, 0.3) is 0 Å². The van der Waals surface area contributed by atoms with Crippen LogP contribution in [0, 0.1) is 0 Å². The first-order valence-electron chi connectivity index (χ1n) is 6.16. The maximum absolute atomic E-state index is 6.01. The van der Waals surface area contributed by atoms with Gasteiger partial charge >= 0.3 is 0 Å². The molecule has 0 aromatic heterocycles. The molecule has 0 saturated carbocycles. The van der Waals surface area contributed by atoms with Crippen molar-refractivity contribution < 1.29 is 0 Å². The molecule has 1 rings (SSSR count). The smallest absolute Gasteiger partial charge is 0.00758 e. The predicted molar refractivity (Wildman–Crippen MR) is 71.5 cm³/mol. The highest BCUT2D eigenvalue weighted by Gasteiger charge is 2.27. The van der Waals surface area contributed by atoms with Crippen LogP contribution in [-0.4, -0.2) is 6.54 Å². The summed E-state index contributed by atoms with van der Waals surface area (Å²) in [5.74, 6) is 0.